The Balaban J connectivity index is 0. The number of hydrogen-bond donors (Lipinski definition) is 2. The van der Waals surface area contributed by atoms with Crippen LogP contribution in [-0.4, -0.2) is 99.0 Å². The lowest BCUT2D eigenvalue weighted by molar-refractivity contribution is -0.893. The lowest BCUT2D eigenvalue weighted by Crippen LogP contribution is -3.00. The maximum Gasteiger partial charge on any atom is 0.137 e. The third kappa shape index (κ3) is 32.7. The second-order valence-electron chi connectivity index (χ2n) is 16.9. The molecule has 0 heterocycles. The molecule has 0 radical (unpaired) electrons. The number of nitrogens with zero attached hydrogens (tertiary/aromatic N) is 2. The normalized spacial score (nSPS) is 12.9. The summed E-state index contributed by atoms with van der Waals surface area (Å²) in [6, 6.07) is 7.53. The smallest absolute Gasteiger partial charge is 0.137 e. The molecule has 8 heteroatoms. The standard InChI is InChI=1S/C44H86N2O4.2ClH/c1-7-9-11-13-15-17-19-21-23-25-27-29-35-45(3,4)37-41(47)39-49-43-31-33-44(34-32-43)50-40-42(48)38-46(5,6)36-30-28-26-24-22-20-18-16-14-12-10-8-2;;/h31-34,41-42,47-48H,7-30,35-40H2,1-6H3;2*1H/q+2;;/p-2. The summed E-state index contributed by atoms with van der Waals surface area (Å²) in [6.45, 7) is 8.67. The van der Waals surface area contributed by atoms with Gasteiger partial charge in [-0.15, -0.1) is 0 Å². The van der Waals surface area contributed by atoms with Gasteiger partial charge in [-0.05, 0) is 49.9 Å². The summed E-state index contributed by atoms with van der Waals surface area (Å²) in [4.78, 5) is 0. The first-order valence-electron chi connectivity index (χ1n) is 21.4. The molecular weight excluding hydrogens is 691 g/mol. The number of aliphatic hydroxyl groups is 2. The SMILES string of the molecule is CCCCCCCCCCCCCC[N+](C)(C)CC(O)COc1ccc(OCC(O)C[N+](C)(C)CCCCCCCCCCCCCC)cc1.[Cl-].[Cl-]. The molecule has 0 spiro atoms. The number of aliphatic hydroxyl groups excluding tert-OH is 2. The Hall–Kier alpha value is -0.760. The van der Waals surface area contributed by atoms with Gasteiger partial charge >= 0.3 is 0 Å². The van der Waals surface area contributed by atoms with Gasteiger partial charge in [-0.2, -0.15) is 0 Å². The summed E-state index contributed by atoms with van der Waals surface area (Å²) >= 11 is 0. The largest absolute Gasteiger partial charge is 1.00 e. The molecule has 0 saturated heterocycles. The van der Waals surface area contributed by atoms with Gasteiger partial charge in [0, 0.05) is 0 Å². The van der Waals surface area contributed by atoms with Crippen molar-refractivity contribution >= 4 is 0 Å². The predicted octanol–water partition coefficient (Wildman–Crippen LogP) is 4.73. The van der Waals surface area contributed by atoms with E-state index in [1.54, 1.807) is 0 Å². The minimum Gasteiger partial charge on any atom is -1.00 e. The minimum absolute atomic E-state index is 0. The lowest BCUT2D eigenvalue weighted by Gasteiger charge is -2.32. The monoisotopic (exact) mass is 777 g/mol. The van der Waals surface area contributed by atoms with Crippen LogP contribution in [0.1, 0.15) is 168 Å². The summed E-state index contributed by atoms with van der Waals surface area (Å²) in [5.41, 5.74) is 0. The van der Waals surface area contributed by atoms with Crippen LogP contribution in [0.4, 0.5) is 0 Å². The highest BCUT2D eigenvalue weighted by molar-refractivity contribution is 5.31. The van der Waals surface area contributed by atoms with Gasteiger partial charge in [-0.3, -0.25) is 0 Å². The maximum absolute atomic E-state index is 10.7. The molecule has 0 aliphatic rings. The molecule has 2 unspecified atom stereocenters. The summed E-state index contributed by atoms with van der Waals surface area (Å²) in [6.07, 6.45) is 31.7. The van der Waals surface area contributed by atoms with Crippen LogP contribution in [0.3, 0.4) is 0 Å². The van der Waals surface area contributed by atoms with Gasteiger partial charge in [0.15, 0.2) is 0 Å². The highest BCUT2D eigenvalue weighted by Gasteiger charge is 2.22. The number of quaternary nitrogens is 2. The van der Waals surface area contributed by atoms with Crippen molar-refractivity contribution in [3.8, 4) is 11.5 Å². The van der Waals surface area contributed by atoms with Gasteiger partial charge < -0.3 is 53.5 Å². The van der Waals surface area contributed by atoms with Crippen molar-refractivity contribution in [3.63, 3.8) is 0 Å². The van der Waals surface area contributed by atoms with Crippen molar-refractivity contribution in [1.82, 2.24) is 0 Å². The molecule has 2 N–H and O–H groups in total. The molecule has 0 aliphatic carbocycles. The lowest BCUT2D eigenvalue weighted by atomic mass is 10.1. The number of ether oxygens (including phenoxy) is 2. The molecule has 6 nitrogen and oxygen atoms in total. The minimum atomic E-state index is -0.509. The number of halogens is 2. The number of unbranched alkanes of at least 4 members (excludes halogenated alkanes) is 22. The first-order chi connectivity index (χ1) is 24.1. The summed E-state index contributed by atoms with van der Waals surface area (Å²) < 4.78 is 13.4. The van der Waals surface area contributed by atoms with E-state index in [2.05, 4.69) is 42.0 Å². The van der Waals surface area contributed by atoms with Crippen molar-refractivity contribution in [2.75, 3.05) is 67.6 Å². The van der Waals surface area contributed by atoms with E-state index in [9.17, 15) is 10.2 Å². The van der Waals surface area contributed by atoms with Crippen molar-refractivity contribution in [2.24, 2.45) is 0 Å². The number of rotatable bonds is 36. The van der Waals surface area contributed by atoms with Crippen molar-refractivity contribution < 1.29 is 53.5 Å². The molecule has 0 aliphatic heterocycles. The molecule has 0 aromatic heterocycles. The molecule has 310 valence electrons. The predicted molar refractivity (Wildman–Crippen MR) is 215 cm³/mol. The Morgan fingerprint density at radius 1 is 0.423 bits per heavy atom. The molecular formula is C44H86Cl2N2O4. The molecule has 0 fully saturated rings. The summed E-state index contributed by atoms with van der Waals surface area (Å²) in [5, 5.41) is 21.4. The zero-order valence-electron chi connectivity index (χ0n) is 35.0. The van der Waals surface area contributed by atoms with E-state index in [1.165, 1.54) is 154 Å². The van der Waals surface area contributed by atoms with Crippen LogP contribution in [0.5, 0.6) is 11.5 Å². The quantitative estimate of drug-likeness (QED) is 0.0766. The first kappa shape index (κ1) is 53.3. The molecule has 0 saturated carbocycles. The van der Waals surface area contributed by atoms with Gasteiger partial charge in [0.1, 0.15) is 50.0 Å². The topological polar surface area (TPSA) is 58.9 Å². The summed E-state index contributed by atoms with van der Waals surface area (Å²) in [7, 11) is 8.84. The fourth-order valence-corrected chi connectivity index (χ4v) is 7.21. The number of hydrogen-bond acceptors (Lipinski definition) is 4. The molecule has 1 aromatic carbocycles. The zero-order valence-corrected chi connectivity index (χ0v) is 36.6. The fraction of sp³-hybridized carbons (Fsp3) is 0.864. The van der Waals surface area contributed by atoms with Gasteiger partial charge in [0.2, 0.25) is 0 Å². The molecule has 1 rings (SSSR count). The third-order valence-corrected chi connectivity index (χ3v) is 10.4. The number of likely N-dealkylation sites (N-methyl/N-ethyl adjacent to an activating group) is 2. The molecule has 52 heavy (non-hydrogen) atoms. The highest BCUT2D eigenvalue weighted by atomic mass is 35.5. The van der Waals surface area contributed by atoms with Crippen LogP contribution >= 0.6 is 0 Å². The van der Waals surface area contributed by atoms with Crippen LogP contribution in [0.2, 0.25) is 0 Å². The highest BCUT2D eigenvalue weighted by Crippen LogP contribution is 2.19. The van der Waals surface area contributed by atoms with E-state index in [4.69, 9.17) is 9.47 Å². The first-order valence-corrected chi connectivity index (χ1v) is 21.4. The van der Waals surface area contributed by atoms with Crippen LogP contribution in [0.15, 0.2) is 24.3 Å². The van der Waals surface area contributed by atoms with Gasteiger partial charge in [-0.25, -0.2) is 0 Å². The maximum atomic E-state index is 10.7. The molecule has 1 aromatic rings. The van der Waals surface area contributed by atoms with Crippen LogP contribution in [0.25, 0.3) is 0 Å². The Morgan fingerprint density at radius 3 is 0.904 bits per heavy atom. The van der Waals surface area contributed by atoms with E-state index < -0.39 is 12.2 Å². The fourth-order valence-electron chi connectivity index (χ4n) is 7.21. The van der Waals surface area contributed by atoms with Crippen molar-refractivity contribution in [3.05, 3.63) is 24.3 Å². The van der Waals surface area contributed by atoms with E-state index in [1.807, 2.05) is 24.3 Å². The van der Waals surface area contributed by atoms with Gasteiger partial charge in [-0.1, -0.05) is 142 Å². The van der Waals surface area contributed by atoms with Crippen molar-refractivity contribution in [2.45, 2.75) is 180 Å². The Kier molecular flexibility index (Phi) is 35.6. The Labute approximate surface area is 335 Å². The van der Waals surface area contributed by atoms with Crippen molar-refractivity contribution in [1.29, 1.82) is 0 Å². The third-order valence-electron chi connectivity index (χ3n) is 10.4. The number of benzene rings is 1. The zero-order chi connectivity index (χ0) is 36.8. The average molecular weight is 778 g/mol. The van der Waals surface area contributed by atoms with Gasteiger partial charge in [0.05, 0.1) is 41.3 Å². The second kappa shape index (κ2) is 34.7. The van der Waals surface area contributed by atoms with E-state index in [-0.39, 0.29) is 38.0 Å². The molecule has 0 bridgehead atoms. The van der Waals surface area contributed by atoms with Crippen LogP contribution < -0.4 is 34.3 Å². The second-order valence-corrected chi connectivity index (χ2v) is 16.9. The van der Waals surface area contributed by atoms with E-state index >= 15 is 0 Å². The Morgan fingerprint density at radius 2 is 0.654 bits per heavy atom. The molecule has 2 atom stereocenters. The van der Waals surface area contributed by atoms with E-state index in [0.29, 0.717) is 13.1 Å². The Bertz CT molecular complexity index is 817. The molecule has 0 amide bonds. The summed E-state index contributed by atoms with van der Waals surface area (Å²) in [5.74, 6) is 1.45. The average Bonchev–Trinajstić information content (AvgIpc) is 3.07. The van der Waals surface area contributed by atoms with Crippen LogP contribution in [0, 0.1) is 0 Å². The van der Waals surface area contributed by atoms with Gasteiger partial charge in [0.25, 0.3) is 0 Å². The van der Waals surface area contributed by atoms with E-state index in [0.717, 1.165) is 33.6 Å². The van der Waals surface area contributed by atoms with Crippen LogP contribution in [-0.2, 0) is 0 Å².